The van der Waals surface area contributed by atoms with E-state index in [2.05, 4.69) is 15.5 Å². The van der Waals surface area contributed by atoms with Gasteiger partial charge in [0.05, 0.1) is 43.1 Å². The lowest BCUT2D eigenvalue weighted by Crippen LogP contribution is -2.18. The van der Waals surface area contributed by atoms with E-state index < -0.39 is 0 Å². The van der Waals surface area contributed by atoms with E-state index in [0.29, 0.717) is 19.6 Å². The van der Waals surface area contributed by atoms with E-state index in [9.17, 15) is 4.79 Å². The van der Waals surface area contributed by atoms with Gasteiger partial charge >= 0.3 is 0 Å². The molecule has 0 aliphatic carbocycles. The van der Waals surface area contributed by atoms with Gasteiger partial charge in [0.25, 0.3) is 0 Å². The number of nitrogens with one attached hydrogen (secondary N) is 2. The topological polar surface area (TPSA) is 76.2 Å². The first kappa shape index (κ1) is 14.0. The molecule has 3 rings (SSSR count). The molecule has 1 atom stereocenters. The lowest BCUT2D eigenvalue weighted by molar-refractivity contribution is -0.117. The average Bonchev–Trinajstić information content (AvgIpc) is 3.15. The molecule has 1 aliphatic heterocycles. The lowest BCUT2D eigenvalue weighted by Gasteiger charge is -2.10. The number of fused-ring (bicyclic) bond motifs is 1. The Morgan fingerprint density at radius 2 is 2.48 bits per heavy atom. The summed E-state index contributed by atoms with van der Waals surface area (Å²) in [6.45, 7) is 1.80. The minimum Gasteiger partial charge on any atom is -0.378 e. The Morgan fingerprint density at radius 1 is 1.52 bits per heavy atom. The molecule has 6 nitrogen and oxygen atoms in total. The van der Waals surface area contributed by atoms with Crippen LogP contribution in [0.5, 0.6) is 0 Å². The minimum absolute atomic E-state index is 0.0653. The van der Waals surface area contributed by atoms with Crippen LogP contribution in [-0.2, 0) is 14.3 Å². The molecule has 0 saturated carbocycles. The van der Waals surface area contributed by atoms with Crippen LogP contribution < -0.4 is 5.32 Å². The zero-order chi connectivity index (χ0) is 14.5. The number of nitrogens with zero attached hydrogens (tertiary/aromatic N) is 1. The number of hydrogen-bond acceptors (Lipinski definition) is 4. The predicted octanol–water partition coefficient (Wildman–Crippen LogP) is 2.09. The van der Waals surface area contributed by atoms with Gasteiger partial charge in [-0.2, -0.15) is 5.10 Å². The third-order valence-corrected chi connectivity index (χ3v) is 3.55. The van der Waals surface area contributed by atoms with Gasteiger partial charge in [0, 0.05) is 12.0 Å². The number of ether oxygens (including phenoxy) is 2. The van der Waals surface area contributed by atoms with Gasteiger partial charge in [-0.25, -0.2) is 0 Å². The van der Waals surface area contributed by atoms with Crippen LogP contribution in [0.1, 0.15) is 19.3 Å². The van der Waals surface area contributed by atoms with Crippen molar-refractivity contribution in [1.82, 2.24) is 10.2 Å². The second-order valence-corrected chi connectivity index (χ2v) is 5.15. The van der Waals surface area contributed by atoms with Gasteiger partial charge in [-0.1, -0.05) is 12.1 Å². The Bertz CT molecular complexity index is 605. The van der Waals surface area contributed by atoms with E-state index >= 15 is 0 Å². The molecule has 112 valence electrons. The zero-order valence-electron chi connectivity index (χ0n) is 11.8. The van der Waals surface area contributed by atoms with Crippen LogP contribution in [0.15, 0.2) is 24.4 Å². The number of rotatable bonds is 6. The molecule has 0 unspecified atom stereocenters. The van der Waals surface area contributed by atoms with Gasteiger partial charge in [0.2, 0.25) is 5.91 Å². The maximum Gasteiger partial charge on any atom is 0.226 e. The normalized spacial score (nSPS) is 18.2. The summed E-state index contributed by atoms with van der Waals surface area (Å²) in [5.41, 5.74) is 1.58. The third kappa shape index (κ3) is 3.59. The number of hydrogen-bond donors (Lipinski definition) is 2. The maximum atomic E-state index is 11.9. The van der Waals surface area contributed by atoms with Crippen LogP contribution in [0.4, 0.5) is 5.69 Å². The summed E-state index contributed by atoms with van der Waals surface area (Å²) in [6.07, 6.45) is 4.41. The largest absolute Gasteiger partial charge is 0.378 e. The molecule has 0 spiro atoms. The molecule has 1 amide bonds. The highest BCUT2D eigenvalue weighted by Gasteiger charge is 2.15. The van der Waals surface area contributed by atoms with Crippen LogP contribution in [0.25, 0.3) is 10.9 Å². The summed E-state index contributed by atoms with van der Waals surface area (Å²) >= 11 is 0. The van der Waals surface area contributed by atoms with E-state index in [0.717, 1.165) is 36.0 Å². The summed E-state index contributed by atoms with van der Waals surface area (Å²) in [4.78, 5) is 11.9. The fourth-order valence-electron chi connectivity index (χ4n) is 2.44. The molecule has 2 heterocycles. The third-order valence-electron chi connectivity index (χ3n) is 3.55. The highest BCUT2D eigenvalue weighted by Crippen LogP contribution is 2.20. The van der Waals surface area contributed by atoms with Crippen molar-refractivity contribution < 1.29 is 14.3 Å². The van der Waals surface area contributed by atoms with Crippen molar-refractivity contribution in [3.8, 4) is 0 Å². The Hall–Kier alpha value is -1.92. The van der Waals surface area contributed by atoms with Crippen LogP contribution in [-0.4, -0.2) is 42.0 Å². The Kier molecular flexibility index (Phi) is 4.47. The number of para-hydroxylation sites is 1. The molecular weight excluding hydrogens is 270 g/mol. The van der Waals surface area contributed by atoms with Gasteiger partial charge in [0.1, 0.15) is 0 Å². The number of carbonyl (C=O) groups excluding carboxylic acids is 1. The number of benzene rings is 1. The molecule has 1 aromatic carbocycles. The van der Waals surface area contributed by atoms with Crippen molar-refractivity contribution in [3.05, 3.63) is 24.4 Å². The number of aromatic nitrogens is 2. The van der Waals surface area contributed by atoms with Crippen molar-refractivity contribution in [2.75, 3.05) is 25.1 Å². The molecule has 1 saturated heterocycles. The van der Waals surface area contributed by atoms with Crippen molar-refractivity contribution in [2.24, 2.45) is 0 Å². The number of aromatic amines is 1. The molecule has 1 aromatic heterocycles. The van der Waals surface area contributed by atoms with Crippen molar-refractivity contribution in [1.29, 1.82) is 0 Å². The fraction of sp³-hybridized carbons (Fsp3) is 0.467. The highest BCUT2D eigenvalue weighted by molar-refractivity contribution is 6.00. The van der Waals surface area contributed by atoms with Gasteiger partial charge in [-0.05, 0) is 18.9 Å². The predicted molar refractivity (Wildman–Crippen MR) is 79.1 cm³/mol. The number of H-pyrrole nitrogens is 1. The smallest absolute Gasteiger partial charge is 0.226 e. The SMILES string of the molecule is O=C(CCOC[C@@H]1CCCO1)Nc1cccc2cn[nH]c12. The molecule has 0 bridgehead atoms. The quantitative estimate of drug-likeness (QED) is 0.798. The van der Waals surface area contributed by atoms with Gasteiger partial charge in [0.15, 0.2) is 0 Å². The van der Waals surface area contributed by atoms with Crippen LogP contribution in [0.2, 0.25) is 0 Å². The monoisotopic (exact) mass is 289 g/mol. The van der Waals surface area contributed by atoms with Gasteiger partial charge in [-0.3, -0.25) is 9.89 Å². The molecule has 21 heavy (non-hydrogen) atoms. The first-order valence-electron chi connectivity index (χ1n) is 7.24. The first-order chi connectivity index (χ1) is 10.3. The van der Waals surface area contributed by atoms with Crippen LogP contribution in [0, 0.1) is 0 Å². The molecule has 1 aliphatic rings. The van der Waals surface area contributed by atoms with Crippen molar-refractivity contribution in [3.63, 3.8) is 0 Å². The van der Waals surface area contributed by atoms with E-state index in [4.69, 9.17) is 9.47 Å². The Morgan fingerprint density at radius 3 is 3.33 bits per heavy atom. The zero-order valence-corrected chi connectivity index (χ0v) is 11.8. The van der Waals surface area contributed by atoms with Crippen molar-refractivity contribution in [2.45, 2.75) is 25.4 Å². The van der Waals surface area contributed by atoms with E-state index in [-0.39, 0.29) is 12.0 Å². The first-order valence-corrected chi connectivity index (χ1v) is 7.24. The number of carbonyl (C=O) groups is 1. The number of amides is 1. The number of anilines is 1. The molecular formula is C15H19N3O3. The summed E-state index contributed by atoms with van der Waals surface area (Å²) < 4.78 is 11.0. The summed E-state index contributed by atoms with van der Waals surface area (Å²) in [6, 6.07) is 5.69. The van der Waals surface area contributed by atoms with E-state index in [1.54, 1.807) is 6.20 Å². The second-order valence-electron chi connectivity index (χ2n) is 5.15. The van der Waals surface area contributed by atoms with Crippen molar-refractivity contribution >= 4 is 22.5 Å². The van der Waals surface area contributed by atoms with Crippen LogP contribution in [0.3, 0.4) is 0 Å². The van der Waals surface area contributed by atoms with Crippen LogP contribution >= 0.6 is 0 Å². The Balaban J connectivity index is 1.44. The van der Waals surface area contributed by atoms with Gasteiger partial charge in [-0.15, -0.1) is 0 Å². The highest BCUT2D eigenvalue weighted by atomic mass is 16.5. The maximum absolute atomic E-state index is 11.9. The second kappa shape index (κ2) is 6.69. The lowest BCUT2D eigenvalue weighted by atomic mass is 10.2. The molecule has 2 N–H and O–H groups in total. The van der Waals surface area contributed by atoms with E-state index in [1.165, 1.54) is 0 Å². The Labute approximate surface area is 122 Å². The molecule has 2 aromatic rings. The standard InChI is InChI=1S/C15H19N3O3/c19-14(6-8-20-10-12-4-2-7-21-12)17-13-5-1-3-11-9-16-18-15(11)13/h1,3,5,9,12H,2,4,6-8,10H2,(H,16,18)(H,17,19)/t12-/m0/s1. The summed E-state index contributed by atoms with van der Waals surface area (Å²) in [5, 5.41) is 10.7. The molecule has 0 radical (unpaired) electrons. The molecule has 6 heteroatoms. The summed E-state index contributed by atoms with van der Waals surface area (Å²) in [7, 11) is 0. The van der Waals surface area contributed by atoms with E-state index in [1.807, 2.05) is 18.2 Å². The summed E-state index contributed by atoms with van der Waals surface area (Å²) in [5.74, 6) is -0.0653. The van der Waals surface area contributed by atoms with Gasteiger partial charge < -0.3 is 14.8 Å². The fourth-order valence-corrected chi connectivity index (χ4v) is 2.44. The average molecular weight is 289 g/mol. The molecule has 1 fully saturated rings. The minimum atomic E-state index is -0.0653.